The molecule has 0 radical (unpaired) electrons. The molecule has 1 fully saturated rings. The number of hydrogen-bond acceptors (Lipinski definition) is 5. The van der Waals surface area contributed by atoms with E-state index in [0.29, 0.717) is 0 Å². The molecule has 0 saturated heterocycles. The van der Waals surface area contributed by atoms with Crippen molar-refractivity contribution in [3.8, 4) is 5.75 Å². The third-order valence-electron chi connectivity index (χ3n) is 8.23. The minimum absolute atomic E-state index is 0.00631. The van der Waals surface area contributed by atoms with Gasteiger partial charge >= 0.3 is 0 Å². The number of nitrogens with zero attached hydrogens (tertiary/aromatic N) is 2. The minimum Gasteiger partial charge on any atom is -0.495 e. The molecule has 11 heteroatoms. The average Bonchev–Trinajstić information content (AvgIpc) is 3.59. The third-order valence-corrected chi connectivity index (χ3v) is 10.7. The van der Waals surface area contributed by atoms with Crippen LogP contribution in [0.2, 0.25) is 5.02 Å². The van der Waals surface area contributed by atoms with E-state index in [1.54, 1.807) is 30.3 Å². The van der Waals surface area contributed by atoms with Crippen LogP contribution in [0.25, 0.3) is 0 Å². The van der Waals surface area contributed by atoms with Gasteiger partial charge in [0, 0.05) is 28.5 Å². The van der Waals surface area contributed by atoms with Crippen LogP contribution in [0.5, 0.6) is 5.75 Å². The minimum atomic E-state index is -4.30. The Hall–Kier alpha value is -3.86. The Labute approximate surface area is 289 Å². The summed E-state index contributed by atoms with van der Waals surface area (Å²) in [6.07, 6.45) is 4.05. The van der Waals surface area contributed by atoms with Crippen LogP contribution >= 0.6 is 27.5 Å². The summed E-state index contributed by atoms with van der Waals surface area (Å²) < 4.78 is 35.9. The highest BCUT2D eigenvalue weighted by Gasteiger charge is 2.36. The molecular weight excluding hydrogens is 702 g/mol. The van der Waals surface area contributed by atoms with Crippen molar-refractivity contribution >= 4 is 55.1 Å². The first-order chi connectivity index (χ1) is 22.7. The van der Waals surface area contributed by atoms with E-state index in [1.807, 2.05) is 54.6 Å². The highest BCUT2D eigenvalue weighted by atomic mass is 79.9. The molecule has 0 unspecified atom stereocenters. The van der Waals surface area contributed by atoms with Gasteiger partial charge in [0.2, 0.25) is 11.8 Å². The van der Waals surface area contributed by atoms with Gasteiger partial charge in [-0.2, -0.15) is 0 Å². The van der Waals surface area contributed by atoms with Crippen molar-refractivity contribution in [3.05, 3.63) is 124 Å². The highest BCUT2D eigenvalue weighted by Crippen LogP contribution is 2.35. The van der Waals surface area contributed by atoms with Gasteiger partial charge in [0.05, 0.1) is 17.7 Å². The second-order valence-electron chi connectivity index (χ2n) is 11.5. The number of methoxy groups -OCH3 is 1. The molecule has 0 bridgehead atoms. The van der Waals surface area contributed by atoms with Crippen LogP contribution in [0.4, 0.5) is 5.69 Å². The summed E-state index contributed by atoms with van der Waals surface area (Å²) in [5.41, 5.74) is 1.75. The molecule has 1 atom stereocenters. The molecule has 0 spiro atoms. The predicted octanol–water partition coefficient (Wildman–Crippen LogP) is 7.01. The number of halogens is 2. The Morgan fingerprint density at radius 1 is 0.915 bits per heavy atom. The molecule has 8 nitrogen and oxygen atoms in total. The van der Waals surface area contributed by atoms with E-state index in [9.17, 15) is 18.0 Å². The summed E-state index contributed by atoms with van der Waals surface area (Å²) in [5, 5.41) is 3.46. The number of sulfonamides is 1. The first-order valence-electron chi connectivity index (χ1n) is 15.5. The van der Waals surface area contributed by atoms with Gasteiger partial charge in [-0.1, -0.05) is 101 Å². The molecule has 1 aliphatic rings. The Balaban J connectivity index is 1.60. The van der Waals surface area contributed by atoms with E-state index in [1.165, 1.54) is 30.2 Å². The molecule has 2 amide bonds. The van der Waals surface area contributed by atoms with E-state index in [4.69, 9.17) is 16.3 Å². The molecule has 0 aliphatic heterocycles. The van der Waals surface area contributed by atoms with Gasteiger partial charge < -0.3 is 15.0 Å². The lowest BCUT2D eigenvalue weighted by molar-refractivity contribution is -0.140. The van der Waals surface area contributed by atoms with Crippen LogP contribution < -0.4 is 14.4 Å². The fraction of sp³-hybridized carbons (Fsp3) is 0.278. The van der Waals surface area contributed by atoms with Crippen molar-refractivity contribution < 1.29 is 22.7 Å². The molecule has 0 heterocycles. The Morgan fingerprint density at radius 3 is 2.23 bits per heavy atom. The van der Waals surface area contributed by atoms with E-state index < -0.39 is 28.5 Å². The maximum Gasteiger partial charge on any atom is 0.264 e. The van der Waals surface area contributed by atoms with Crippen molar-refractivity contribution in [2.45, 2.75) is 55.6 Å². The van der Waals surface area contributed by atoms with Crippen LogP contribution in [0.3, 0.4) is 0 Å². The lowest BCUT2D eigenvalue weighted by Crippen LogP contribution is -2.54. The first-order valence-corrected chi connectivity index (χ1v) is 18.1. The van der Waals surface area contributed by atoms with Crippen LogP contribution in [0.1, 0.15) is 36.8 Å². The predicted molar refractivity (Wildman–Crippen MR) is 188 cm³/mol. The second-order valence-corrected chi connectivity index (χ2v) is 14.7. The van der Waals surface area contributed by atoms with Gasteiger partial charge in [-0.15, -0.1) is 0 Å². The maximum atomic E-state index is 14.7. The fourth-order valence-electron chi connectivity index (χ4n) is 5.84. The quantitative estimate of drug-likeness (QED) is 0.159. The van der Waals surface area contributed by atoms with Crippen molar-refractivity contribution in [2.75, 3.05) is 18.0 Å². The number of hydrogen-bond donors (Lipinski definition) is 1. The standard InChI is InChI=1S/C36H37BrClN3O5S/c1-46-34-20-19-29(38)23-32(34)41(47(44,45)31-17-6-3-7-18-31)25-35(42)40(24-27-13-10-14-28(37)21-27)33(22-26-11-4-2-5-12-26)36(43)39-30-15-8-9-16-30/h2-7,10-14,17-21,23,30,33H,8-9,15-16,22,24-25H2,1H3,(H,39,43)/t33-/m0/s1. The summed E-state index contributed by atoms with van der Waals surface area (Å²) in [6.45, 7) is -0.538. The lowest BCUT2D eigenvalue weighted by Gasteiger charge is -2.34. The monoisotopic (exact) mass is 737 g/mol. The SMILES string of the molecule is COc1ccc(Cl)cc1N(CC(=O)N(Cc1cccc(Br)c1)[C@@H](Cc1ccccc1)C(=O)NC1CCCC1)S(=O)(=O)c1ccccc1. The van der Waals surface area contributed by atoms with Gasteiger partial charge in [0.25, 0.3) is 10.0 Å². The second kappa shape index (κ2) is 15.8. The summed E-state index contributed by atoms with van der Waals surface area (Å²) in [5.74, 6) is -0.615. The Bertz CT molecular complexity index is 1790. The van der Waals surface area contributed by atoms with E-state index in [2.05, 4.69) is 21.2 Å². The van der Waals surface area contributed by atoms with Gasteiger partial charge in [-0.05, 0) is 66.4 Å². The molecule has 4 aromatic carbocycles. The van der Waals surface area contributed by atoms with Crippen LogP contribution in [-0.4, -0.2) is 50.9 Å². The lowest BCUT2D eigenvalue weighted by atomic mass is 10.0. The maximum absolute atomic E-state index is 14.7. The number of anilines is 1. The zero-order valence-electron chi connectivity index (χ0n) is 26.0. The van der Waals surface area contributed by atoms with E-state index >= 15 is 0 Å². The molecule has 1 N–H and O–H groups in total. The Morgan fingerprint density at radius 2 is 1.57 bits per heavy atom. The van der Waals surface area contributed by atoms with Crippen molar-refractivity contribution in [3.63, 3.8) is 0 Å². The van der Waals surface area contributed by atoms with Crippen molar-refractivity contribution in [1.82, 2.24) is 10.2 Å². The fourth-order valence-corrected chi connectivity index (χ4v) is 7.90. The Kier molecular flexibility index (Phi) is 11.6. The number of amides is 2. The molecular formula is C36H37BrClN3O5S. The van der Waals surface area contributed by atoms with Gasteiger partial charge in [0.1, 0.15) is 18.3 Å². The zero-order chi connectivity index (χ0) is 33.4. The van der Waals surface area contributed by atoms with Gasteiger partial charge in [-0.25, -0.2) is 8.42 Å². The topological polar surface area (TPSA) is 96.0 Å². The number of carbonyl (C=O) groups excluding carboxylic acids is 2. The molecule has 0 aromatic heterocycles. The van der Waals surface area contributed by atoms with Crippen LogP contribution in [-0.2, 0) is 32.6 Å². The molecule has 246 valence electrons. The van der Waals surface area contributed by atoms with Crippen LogP contribution in [0, 0.1) is 0 Å². The van der Waals surface area contributed by atoms with Gasteiger partial charge in [0.15, 0.2) is 0 Å². The summed E-state index contributed by atoms with van der Waals surface area (Å²) >= 11 is 9.88. The summed E-state index contributed by atoms with van der Waals surface area (Å²) in [6, 6.07) is 28.6. The number of benzene rings is 4. The zero-order valence-corrected chi connectivity index (χ0v) is 29.2. The van der Waals surface area contributed by atoms with Crippen molar-refractivity contribution in [1.29, 1.82) is 0 Å². The van der Waals surface area contributed by atoms with E-state index in [-0.39, 0.29) is 46.3 Å². The highest BCUT2D eigenvalue weighted by molar-refractivity contribution is 9.10. The largest absolute Gasteiger partial charge is 0.495 e. The average molecular weight is 739 g/mol. The smallest absolute Gasteiger partial charge is 0.264 e. The van der Waals surface area contributed by atoms with Crippen molar-refractivity contribution in [2.24, 2.45) is 0 Å². The molecule has 4 aromatic rings. The number of rotatable bonds is 13. The molecule has 5 rings (SSSR count). The first kappa shape index (κ1) is 34.5. The number of nitrogens with one attached hydrogen (secondary N) is 1. The number of ether oxygens (including phenoxy) is 1. The van der Waals surface area contributed by atoms with Crippen LogP contribution in [0.15, 0.2) is 112 Å². The third kappa shape index (κ3) is 8.74. The number of carbonyl (C=O) groups is 2. The van der Waals surface area contributed by atoms with Gasteiger partial charge in [-0.3, -0.25) is 13.9 Å². The van der Waals surface area contributed by atoms with E-state index in [0.717, 1.165) is 45.6 Å². The molecule has 1 saturated carbocycles. The normalized spacial score (nSPS) is 13.9. The molecule has 1 aliphatic carbocycles. The summed E-state index contributed by atoms with van der Waals surface area (Å²) in [7, 11) is -2.87. The molecule has 47 heavy (non-hydrogen) atoms. The summed E-state index contributed by atoms with van der Waals surface area (Å²) in [4.78, 5) is 30.3.